The fraction of sp³-hybridized carbons (Fsp3) is 0.318. The molecule has 1 aromatic heterocycles. The zero-order chi connectivity index (χ0) is 21.7. The molecule has 8 heteroatoms. The first-order chi connectivity index (χ1) is 14.5. The van der Waals surface area contributed by atoms with Crippen LogP contribution in [-0.4, -0.2) is 53.4 Å². The molecule has 7 nitrogen and oxygen atoms in total. The Labute approximate surface area is 179 Å². The summed E-state index contributed by atoms with van der Waals surface area (Å²) in [6.07, 6.45) is 0. The van der Waals surface area contributed by atoms with E-state index in [-0.39, 0.29) is 17.2 Å². The lowest BCUT2D eigenvalue weighted by Crippen LogP contribution is -2.32. The number of hydrogen-bond donors (Lipinski definition) is 0. The van der Waals surface area contributed by atoms with Crippen LogP contribution in [0.25, 0.3) is 16.6 Å². The third-order valence-electron chi connectivity index (χ3n) is 4.81. The highest BCUT2D eigenvalue weighted by atomic mass is 32.2. The van der Waals surface area contributed by atoms with E-state index in [0.29, 0.717) is 46.3 Å². The van der Waals surface area contributed by atoms with Crippen molar-refractivity contribution in [2.45, 2.75) is 19.0 Å². The number of carbonyl (C=O) groups is 1. The van der Waals surface area contributed by atoms with Gasteiger partial charge in [-0.3, -0.25) is 14.2 Å². The molecule has 3 aromatic rings. The molecule has 0 atom stereocenters. The Hall–Kier alpha value is -3.00. The van der Waals surface area contributed by atoms with Crippen LogP contribution in [0.4, 0.5) is 0 Å². The molecule has 0 bridgehead atoms. The number of carbonyl (C=O) groups excluding carboxylic acids is 1. The van der Waals surface area contributed by atoms with E-state index in [9.17, 15) is 9.59 Å². The number of amides is 1. The monoisotopic (exact) mass is 427 g/mol. The quantitative estimate of drug-likeness (QED) is 0.405. The molecule has 2 aromatic carbocycles. The van der Waals surface area contributed by atoms with E-state index in [0.717, 1.165) is 0 Å². The summed E-state index contributed by atoms with van der Waals surface area (Å²) < 4.78 is 12.2. The Morgan fingerprint density at radius 1 is 1.07 bits per heavy atom. The topological polar surface area (TPSA) is 73.7 Å². The lowest BCUT2D eigenvalue weighted by atomic mass is 10.2. The predicted molar refractivity (Wildman–Crippen MR) is 119 cm³/mol. The average molecular weight is 428 g/mol. The lowest BCUT2D eigenvalue weighted by Gasteiger charge is -2.19. The number of hydrogen-bond acceptors (Lipinski definition) is 6. The first-order valence-corrected chi connectivity index (χ1v) is 10.7. The van der Waals surface area contributed by atoms with Crippen molar-refractivity contribution >= 4 is 28.6 Å². The molecular weight excluding hydrogens is 402 g/mol. The van der Waals surface area contributed by atoms with Crippen molar-refractivity contribution in [2.75, 3.05) is 33.1 Å². The predicted octanol–water partition coefficient (Wildman–Crippen LogP) is 3.36. The summed E-state index contributed by atoms with van der Waals surface area (Å²) in [6.45, 7) is 5.17. The molecule has 0 spiro atoms. The molecule has 0 saturated heterocycles. The van der Waals surface area contributed by atoms with Crippen LogP contribution in [0.1, 0.15) is 13.8 Å². The number of benzene rings is 2. The zero-order valence-electron chi connectivity index (χ0n) is 17.5. The third-order valence-corrected chi connectivity index (χ3v) is 5.73. The number of ether oxygens (including phenoxy) is 2. The van der Waals surface area contributed by atoms with Crippen LogP contribution in [0, 0.1) is 0 Å². The van der Waals surface area contributed by atoms with Crippen molar-refractivity contribution in [3.63, 3.8) is 0 Å². The Morgan fingerprint density at radius 2 is 1.77 bits per heavy atom. The highest BCUT2D eigenvalue weighted by molar-refractivity contribution is 7.99. The van der Waals surface area contributed by atoms with Gasteiger partial charge in [0.15, 0.2) is 16.7 Å². The van der Waals surface area contributed by atoms with Crippen LogP contribution in [0.3, 0.4) is 0 Å². The van der Waals surface area contributed by atoms with Gasteiger partial charge < -0.3 is 14.4 Å². The number of thioether (sulfide) groups is 1. The fourth-order valence-electron chi connectivity index (χ4n) is 3.19. The van der Waals surface area contributed by atoms with Gasteiger partial charge in [0, 0.05) is 19.2 Å². The SMILES string of the molecule is CCN(CC)C(=O)CSc1nc2ccccc2c(=O)n1-c1ccc(OC)c(OC)c1. The second-order valence-electron chi connectivity index (χ2n) is 6.45. The molecule has 0 saturated carbocycles. The average Bonchev–Trinajstić information content (AvgIpc) is 2.78. The molecule has 1 amide bonds. The minimum Gasteiger partial charge on any atom is -0.493 e. The van der Waals surface area contributed by atoms with E-state index >= 15 is 0 Å². The highest BCUT2D eigenvalue weighted by Crippen LogP contribution is 2.30. The number of fused-ring (bicyclic) bond motifs is 1. The van der Waals surface area contributed by atoms with E-state index < -0.39 is 0 Å². The normalized spacial score (nSPS) is 10.8. The van der Waals surface area contributed by atoms with Crippen molar-refractivity contribution in [1.82, 2.24) is 14.5 Å². The minimum atomic E-state index is -0.203. The van der Waals surface area contributed by atoms with Crippen molar-refractivity contribution in [1.29, 1.82) is 0 Å². The van der Waals surface area contributed by atoms with E-state index in [2.05, 4.69) is 4.98 Å². The first kappa shape index (κ1) is 21.7. The fourth-order valence-corrected chi connectivity index (χ4v) is 4.11. The summed E-state index contributed by atoms with van der Waals surface area (Å²) >= 11 is 1.25. The largest absolute Gasteiger partial charge is 0.493 e. The molecule has 30 heavy (non-hydrogen) atoms. The Bertz CT molecular complexity index is 1110. The maximum absolute atomic E-state index is 13.3. The van der Waals surface area contributed by atoms with E-state index in [1.807, 2.05) is 19.9 Å². The van der Waals surface area contributed by atoms with Crippen LogP contribution in [0.2, 0.25) is 0 Å². The second-order valence-corrected chi connectivity index (χ2v) is 7.39. The molecule has 0 aliphatic carbocycles. The maximum atomic E-state index is 13.3. The molecule has 0 aliphatic heterocycles. The maximum Gasteiger partial charge on any atom is 0.266 e. The molecular formula is C22H25N3O4S. The third kappa shape index (κ3) is 4.28. The number of nitrogens with zero attached hydrogens (tertiary/aromatic N) is 3. The van der Waals surface area contributed by atoms with Gasteiger partial charge in [0.05, 0.1) is 36.6 Å². The van der Waals surface area contributed by atoms with Gasteiger partial charge in [0.25, 0.3) is 5.56 Å². The number of aromatic nitrogens is 2. The molecule has 0 fully saturated rings. The van der Waals surface area contributed by atoms with Gasteiger partial charge in [-0.2, -0.15) is 0 Å². The van der Waals surface area contributed by atoms with Gasteiger partial charge in [-0.1, -0.05) is 23.9 Å². The molecule has 0 unspecified atom stereocenters. The van der Waals surface area contributed by atoms with Gasteiger partial charge in [-0.25, -0.2) is 4.98 Å². The van der Waals surface area contributed by atoms with Crippen LogP contribution < -0.4 is 15.0 Å². The second kappa shape index (κ2) is 9.67. The molecule has 1 heterocycles. The van der Waals surface area contributed by atoms with Gasteiger partial charge in [-0.15, -0.1) is 0 Å². The van der Waals surface area contributed by atoms with Gasteiger partial charge in [0.1, 0.15) is 0 Å². The molecule has 3 rings (SSSR count). The van der Waals surface area contributed by atoms with E-state index in [1.165, 1.54) is 16.3 Å². The summed E-state index contributed by atoms with van der Waals surface area (Å²) in [6, 6.07) is 12.4. The summed E-state index contributed by atoms with van der Waals surface area (Å²) in [5, 5.41) is 0.957. The van der Waals surface area contributed by atoms with Crippen molar-refractivity contribution in [3.05, 3.63) is 52.8 Å². The van der Waals surface area contributed by atoms with E-state index in [4.69, 9.17) is 9.47 Å². The minimum absolute atomic E-state index is 0.00580. The molecule has 158 valence electrons. The summed E-state index contributed by atoms with van der Waals surface area (Å²) in [4.78, 5) is 32.3. The highest BCUT2D eigenvalue weighted by Gasteiger charge is 2.18. The zero-order valence-corrected chi connectivity index (χ0v) is 18.4. The number of para-hydroxylation sites is 1. The van der Waals surface area contributed by atoms with Crippen LogP contribution >= 0.6 is 11.8 Å². The van der Waals surface area contributed by atoms with Crippen LogP contribution in [0.15, 0.2) is 52.4 Å². The first-order valence-electron chi connectivity index (χ1n) is 9.68. The number of methoxy groups -OCH3 is 2. The smallest absolute Gasteiger partial charge is 0.266 e. The standard InChI is InChI=1S/C22H25N3O4S/c1-5-24(6-2)20(26)14-30-22-23-17-10-8-7-9-16(17)21(27)25(22)15-11-12-18(28-3)19(13-15)29-4/h7-13H,5-6,14H2,1-4H3. The van der Waals surface area contributed by atoms with Crippen molar-refractivity contribution in [2.24, 2.45) is 0 Å². The van der Waals surface area contributed by atoms with Gasteiger partial charge in [-0.05, 0) is 38.1 Å². The lowest BCUT2D eigenvalue weighted by molar-refractivity contribution is -0.127. The van der Waals surface area contributed by atoms with Crippen LogP contribution in [0.5, 0.6) is 11.5 Å². The van der Waals surface area contributed by atoms with Gasteiger partial charge >= 0.3 is 0 Å². The van der Waals surface area contributed by atoms with E-state index in [1.54, 1.807) is 55.5 Å². The van der Waals surface area contributed by atoms with Crippen molar-refractivity contribution in [3.8, 4) is 17.2 Å². The van der Waals surface area contributed by atoms with Crippen molar-refractivity contribution < 1.29 is 14.3 Å². The Morgan fingerprint density at radius 3 is 2.43 bits per heavy atom. The molecule has 0 N–H and O–H groups in total. The molecule has 0 radical (unpaired) electrons. The Kier molecular flexibility index (Phi) is 6.99. The molecule has 0 aliphatic rings. The summed E-state index contributed by atoms with van der Waals surface area (Å²) in [7, 11) is 3.10. The number of rotatable bonds is 8. The summed E-state index contributed by atoms with van der Waals surface area (Å²) in [5.74, 6) is 1.27. The van der Waals surface area contributed by atoms with Gasteiger partial charge in [0.2, 0.25) is 5.91 Å². The Balaban J connectivity index is 2.12. The summed E-state index contributed by atoms with van der Waals surface area (Å²) in [5.41, 5.74) is 0.983. The van der Waals surface area contributed by atoms with Crippen LogP contribution in [-0.2, 0) is 4.79 Å².